The molecular weight excluding hydrogens is 412 g/mol. The van der Waals surface area contributed by atoms with Gasteiger partial charge in [0.05, 0.1) is 12.6 Å². The van der Waals surface area contributed by atoms with Gasteiger partial charge in [0.2, 0.25) is 0 Å². The van der Waals surface area contributed by atoms with Gasteiger partial charge in [0, 0.05) is 18.7 Å². The van der Waals surface area contributed by atoms with E-state index >= 15 is 0 Å². The van der Waals surface area contributed by atoms with Gasteiger partial charge >= 0.3 is 6.09 Å². The molecule has 0 spiro atoms. The van der Waals surface area contributed by atoms with Crippen LogP contribution in [0.2, 0.25) is 0 Å². The second-order valence-electron chi connectivity index (χ2n) is 8.78. The standard InChI is InChI=1S/C22H28N6O4/c1-22(2,3)31-21(29)27-10-8-18(9-11-27)30-13-19-25-20(32-26-19)17-6-4-16(5-7-17)12-28-15-23-14-24-28/h4-7,14-15,18H,8-13H2,1-3H3. The fourth-order valence-corrected chi connectivity index (χ4v) is 3.41. The molecule has 4 rings (SSSR count). The summed E-state index contributed by atoms with van der Waals surface area (Å²) in [7, 11) is 0. The normalized spacial score (nSPS) is 15.2. The summed E-state index contributed by atoms with van der Waals surface area (Å²) < 4.78 is 18.5. The Morgan fingerprint density at radius 3 is 2.59 bits per heavy atom. The molecule has 0 N–H and O–H groups in total. The predicted molar refractivity (Wildman–Crippen MR) is 114 cm³/mol. The van der Waals surface area contributed by atoms with Crippen molar-refractivity contribution in [1.29, 1.82) is 0 Å². The summed E-state index contributed by atoms with van der Waals surface area (Å²) in [5, 5.41) is 8.13. The lowest BCUT2D eigenvalue weighted by Crippen LogP contribution is -2.43. The number of carbonyl (C=O) groups is 1. The molecule has 0 atom stereocenters. The van der Waals surface area contributed by atoms with Crippen LogP contribution in [0.15, 0.2) is 41.4 Å². The van der Waals surface area contributed by atoms with Gasteiger partial charge in [-0.2, -0.15) is 10.1 Å². The third-order valence-corrected chi connectivity index (χ3v) is 5.02. The summed E-state index contributed by atoms with van der Waals surface area (Å²) in [5.41, 5.74) is 1.45. The van der Waals surface area contributed by atoms with E-state index in [0.717, 1.165) is 24.0 Å². The number of likely N-dealkylation sites (tertiary alicyclic amines) is 1. The van der Waals surface area contributed by atoms with E-state index in [9.17, 15) is 4.79 Å². The maximum absolute atomic E-state index is 12.2. The molecule has 32 heavy (non-hydrogen) atoms. The van der Waals surface area contributed by atoms with Crippen LogP contribution in [0.3, 0.4) is 0 Å². The van der Waals surface area contributed by atoms with Gasteiger partial charge in [-0.1, -0.05) is 17.3 Å². The van der Waals surface area contributed by atoms with E-state index in [1.54, 1.807) is 15.9 Å². The summed E-state index contributed by atoms with van der Waals surface area (Å²) in [6, 6.07) is 7.87. The second-order valence-corrected chi connectivity index (χ2v) is 8.78. The van der Waals surface area contributed by atoms with Crippen molar-refractivity contribution in [3.8, 4) is 11.5 Å². The average Bonchev–Trinajstić information content (AvgIpc) is 3.44. The molecule has 1 aromatic carbocycles. The van der Waals surface area contributed by atoms with Crippen molar-refractivity contribution in [3.63, 3.8) is 0 Å². The Morgan fingerprint density at radius 1 is 1.19 bits per heavy atom. The first-order chi connectivity index (χ1) is 15.4. The maximum atomic E-state index is 12.2. The fraction of sp³-hybridized carbons (Fsp3) is 0.500. The minimum atomic E-state index is -0.488. The topological polar surface area (TPSA) is 108 Å². The fourth-order valence-electron chi connectivity index (χ4n) is 3.41. The van der Waals surface area contributed by atoms with E-state index in [1.165, 1.54) is 6.33 Å². The molecule has 0 bridgehead atoms. The van der Waals surface area contributed by atoms with Crippen LogP contribution in [0.1, 0.15) is 45.0 Å². The van der Waals surface area contributed by atoms with Gasteiger partial charge in [-0.25, -0.2) is 14.5 Å². The minimum Gasteiger partial charge on any atom is -0.444 e. The van der Waals surface area contributed by atoms with E-state index in [1.807, 2.05) is 45.0 Å². The number of benzene rings is 1. The SMILES string of the molecule is CC(C)(C)OC(=O)N1CCC(OCc2noc(-c3ccc(Cn4cncn4)cc3)n2)CC1. The zero-order chi connectivity index (χ0) is 22.6. The third-order valence-electron chi connectivity index (χ3n) is 5.02. The maximum Gasteiger partial charge on any atom is 0.410 e. The lowest BCUT2D eigenvalue weighted by molar-refractivity contribution is -0.0190. The number of ether oxygens (including phenoxy) is 2. The molecule has 3 aromatic rings. The summed E-state index contributed by atoms with van der Waals surface area (Å²) in [5.74, 6) is 0.955. The largest absolute Gasteiger partial charge is 0.444 e. The molecule has 0 radical (unpaired) electrons. The van der Waals surface area contributed by atoms with Crippen molar-refractivity contribution in [1.82, 2.24) is 29.8 Å². The first-order valence-corrected chi connectivity index (χ1v) is 10.7. The molecule has 0 aliphatic carbocycles. The van der Waals surface area contributed by atoms with Crippen LogP contribution in [0.25, 0.3) is 11.5 Å². The molecule has 170 valence electrons. The molecule has 1 aliphatic heterocycles. The second kappa shape index (κ2) is 9.47. The predicted octanol–water partition coefficient (Wildman–Crippen LogP) is 3.29. The highest BCUT2D eigenvalue weighted by atomic mass is 16.6. The molecule has 10 nitrogen and oxygen atoms in total. The van der Waals surface area contributed by atoms with Crippen LogP contribution in [0.4, 0.5) is 4.79 Å². The molecule has 0 saturated carbocycles. The Kier molecular flexibility index (Phi) is 6.50. The molecule has 10 heteroatoms. The van der Waals surface area contributed by atoms with Crippen molar-refractivity contribution < 1.29 is 18.8 Å². The van der Waals surface area contributed by atoms with Gasteiger partial charge in [0.1, 0.15) is 24.9 Å². The van der Waals surface area contributed by atoms with E-state index in [4.69, 9.17) is 14.0 Å². The summed E-state index contributed by atoms with van der Waals surface area (Å²) >= 11 is 0. The molecule has 1 amide bonds. The molecule has 1 saturated heterocycles. The number of carbonyl (C=O) groups excluding carboxylic acids is 1. The minimum absolute atomic E-state index is 0.0479. The monoisotopic (exact) mass is 440 g/mol. The highest BCUT2D eigenvalue weighted by Crippen LogP contribution is 2.21. The number of piperidine rings is 1. The van der Waals surface area contributed by atoms with Crippen LogP contribution >= 0.6 is 0 Å². The summed E-state index contributed by atoms with van der Waals surface area (Å²) in [6.07, 6.45) is 4.46. The molecule has 1 fully saturated rings. The Hall–Kier alpha value is -3.27. The summed E-state index contributed by atoms with van der Waals surface area (Å²) in [4.78, 5) is 22.3. The van der Waals surface area contributed by atoms with Crippen molar-refractivity contribution >= 4 is 6.09 Å². The van der Waals surface area contributed by atoms with E-state index in [0.29, 0.717) is 31.3 Å². The molecule has 3 heterocycles. The molecule has 1 aliphatic rings. The quantitative estimate of drug-likeness (QED) is 0.574. The van der Waals surface area contributed by atoms with E-state index in [-0.39, 0.29) is 18.8 Å². The smallest absolute Gasteiger partial charge is 0.410 e. The van der Waals surface area contributed by atoms with Gasteiger partial charge in [0.15, 0.2) is 5.82 Å². The van der Waals surface area contributed by atoms with Gasteiger partial charge in [-0.3, -0.25) is 0 Å². The number of amides is 1. The Balaban J connectivity index is 1.24. The number of hydrogen-bond acceptors (Lipinski definition) is 8. The van der Waals surface area contributed by atoms with Crippen LogP contribution in [-0.2, 0) is 22.6 Å². The lowest BCUT2D eigenvalue weighted by atomic mass is 10.1. The average molecular weight is 441 g/mol. The molecule has 0 unspecified atom stereocenters. The highest BCUT2D eigenvalue weighted by molar-refractivity contribution is 5.68. The van der Waals surface area contributed by atoms with Crippen molar-refractivity contribution in [3.05, 3.63) is 48.3 Å². The summed E-state index contributed by atoms with van der Waals surface area (Å²) in [6.45, 7) is 7.74. The van der Waals surface area contributed by atoms with Crippen LogP contribution in [0, 0.1) is 0 Å². The number of nitrogens with zero attached hydrogens (tertiary/aromatic N) is 6. The Labute approximate surface area is 186 Å². The Morgan fingerprint density at radius 2 is 1.94 bits per heavy atom. The van der Waals surface area contributed by atoms with E-state index in [2.05, 4.69) is 20.2 Å². The molecular formula is C22H28N6O4. The third kappa shape index (κ3) is 5.91. The zero-order valence-corrected chi connectivity index (χ0v) is 18.6. The Bertz CT molecular complexity index is 1000. The van der Waals surface area contributed by atoms with Crippen molar-refractivity contribution in [2.24, 2.45) is 0 Å². The number of hydrogen-bond donors (Lipinski definition) is 0. The van der Waals surface area contributed by atoms with Crippen LogP contribution in [0.5, 0.6) is 0 Å². The zero-order valence-electron chi connectivity index (χ0n) is 18.6. The van der Waals surface area contributed by atoms with Crippen molar-refractivity contribution in [2.75, 3.05) is 13.1 Å². The highest BCUT2D eigenvalue weighted by Gasteiger charge is 2.27. The first kappa shape index (κ1) is 21.9. The van der Waals surface area contributed by atoms with Gasteiger partial charge in [0.25, 0.3) is 5.89 Å². The van der Waals surface area contributed by atoms with Crippen LogP contribution < -0.4 is 0 Å². The van der Waals surface area contributed by atoms with Gasteiger partial charge < -0.3 is 18.9 Å². The molecule has 2 aromatic heterocycles. The van der Waals surface area contributed by atoms with Gasteiger partial charge in [-0.15, -0.1) is 0 Å². The van der Waals surface area contributed by atoms with Gasteiger partial charge in [-0.05, 0) is 51.3 Å². The number of aromatic nitrogens is 5. The number of rotatable bonds is 6. The van der Waals surface area contributed by atoms with Crippen LogP contribution in [-0.4, -0.2) is 60.7 Å². The lowest BCUT2D eigenvalue weighted by Gasteiger charge is -2.33. The van der Waals surface area contributed by atoms with Crippen molar-refractivity contribution in [2.45, 2.75) is 58.5 Å². The first-order valence-electron chi connectivity index (χ1n) is 10.7. The van der Waals surface area contributed by atoms with E-state index < -0.39 is 5.60 Å².